The Balaban J connectivity index is 1.04. The maximum absolute atomic E-state index is 6.99. The Morgan fingerprint density at radius 2 is 0.700 bits per heavy atom. The van der Waals surface area contributed by atoms with Crippen molar-refractivity contribution in [2.75, 3.05) is 9.80 Å². The predicted octanol–water partition coefficient (Wildman–Crippen LogP) is 21.4. The molecule has 4 heteroatoms. The summed E-state index contributed by atoms with van der Waals surface area (Å²) >= 11 is 0. The molecule has 13 aromatic carbocycles. The summed E-state index contributed by atoms with van der Waals surface area (Å²) in [6.45, 7) is 0. The minimum Gasteiger partial charge on any atom is -0.456 e. The summed E-state index contributed by atoms with van der Waals surface area (Å²) in [6.07, 6.45) is 0. The standard InChI is InChI=1S/C76H51N3O/c1-5-19-52(20-6-1)56-33-40-62(41-34-56)77(63-42-35-57(36-43-63)53-21-7-2-8-22-53)66-48-60(49-67(50-66)78(65-46-39-55-25-13-14-26-59(55)47-65)64-44-37-58(38-45-64)54-23-9-3-10-24-54)70-51-73-75(69-30-16-18-32-72(69)80-73)76-74(70)68-29-15-17-31-71(68)79(76)61-27-11-4-12-28-61/h1-51H. The molecule has 4 nitrogen and oxygen atoms in total. The molecule has 2 heterocycles. The Hall–Kier alpha value is -10.7. The van der Waals surface area contributed by atoms with Gasteiger partial charge in [-0.3, -0.25) is 0 Å². The molecule has 0 aliphatic carbocycles. The van der Waals surface area contributed by atoms with Gasteiger partial charge >= 0.3 is 0 Å². The first-order valence-corrected chi connectivity index (χ1v) is 27.3. The molecule has 0 unspecified atom stereocenters. The highest BCUT2D eigenvalue weighted by molar-refractivity contribution is 6.28. The maximum atomic E-state index is 6.99. The van der Waals surface area contributed by atoms with Gasteiger partial charge in [-0.1, -0.05) is 212 Å². The van der Waals surface area contributed by atoms with Crippen molar-refractivity contribution in [2.45, 2.75) is 0 Å². The third-order valence-electron chi connectivity index (χ3n) is 15.7. The number of rotatable bonds is 11. The number of fused-ring (bicyclic) bond motifs is 8. The summed E-state index contributed by atoms with van der Waals surface area (Å²) in [5, 5.41) is 6.84. The molecule has 0 fully saturated rings. The fourth-order valence-electron chi connectivity index (χ4n) is 12.0. The Morgan fingerprint density at radius 1 is 0.263 bits per heavy atom. The van der Waals surface area contributed by atoms with Gasteiger partial charge in [0.2, 0.25) is 0 Å². The van der Waals surface area contributed by atoms with Crippen molar-refractivity contribution in [1.82, 2.24) is 4.57 Å². The molecule has 0 saturated carbocycles. The van der Waals surface area contributed by atoms with E-state index in [4.69, 9.17) is 4.42 Å². The van der Waals surface area contributed by atoms with E-state index in [0.29, 0.717) is 0 Å². The van der Waals surface area contributed by atoms with Crippen molar-refractivity contribution in [3.63, 3.8) is 0 Å². The van der Waals surface area contributed by atoms with E-state index in [1.807, 2.05) is 0 Å². The summed E-state index contributed by atoms with van der Waals surface area (Å²) in [4.78, 5) is 4.84. The fourth-order valence-corrected chi connectivity index (χ4v) is 12.0. The molecule has 0 spiro atoms. The van der Waals surface area contributed by atoms with Crippen LogP contribution in [0, 0.1) is 0 Å². The molecule has 0 saturated heterocycles. The second-order valence-corrected chi connectivity index (χ2v) is 20.5. The molecule has 0 aliphatic heterocycles. The topological polar surface area (TPSA) is 24.6 Å². The Labute approximate surface area is 464 Å². The first kappa shape index (κ1) is 46.6. The lowest BCUT2D eigenvalue weighted by Crippen LogP contribution is -2.14. The summed E-state index contributed by atoms with van der Waals surface area (Å²) in [5.74, 6) is 0. The Kier molecular flexibility index (Phi) is 11.5. The van der Waals surface area contributed by atoms with Crippen LogP contribution in [0.4, 0.5) is 34.1 Å². The van der Waals surface area contributed by atoms with E-state index in [1.54, 1.807) is 0 Å². The number of hydrogen-bond acceptors (Lipinski definition) is 3. The van der Waals surface area contributed by atoms with E-state index in [1.165, 1.54) is 22.1 Å². The van der Waals surface area contributed by atoms with E-state index >= 15 is 0 Å². The summed E-state index contributed by atoms with van der Waals surface area (Å²) < 4.78 is 9.43. The van der Waals surface area contributed by atoms with E-state index in [2.05, 4.69) is 324 Å². The first-order chi connectivity index (χ1) is 39.7. The average Bonchev–Trinajstić information content (AvgIpc) is 4.30. The smallest absolute Gasteiger partial charge is 0.138 e. The lowest BCUT2D eigenvalue weighted by molar-refractivity contribution is 0.669. The third kappa shape index (κ3) is 8.26. The van der Waals surface area contributed by atoms with Crippen molar-refractivity contribution in [2.24, 2.45) is 0 Å². The monoisotopic (exact) mass is 1020 g/mol. The minimum absolute atomic E-state index is 0.827. The number of aromatic nitrogens is 1. The molecule has 15 rings (SSSR count). The molecule has 0 aliphatic rings. The molecule has 15 aromatic rings. The minimum atomic E-state index is 0.827. The normalized spacial score (nSPS) is 11.5. The Morgan fingerprint density at radius 3 is 1.26 bits per heavy atom. The van der Waals surface area contributed by atoms with Gasteiger partial charge in [0.15, 0.2) is 0 Å². The van der Waals surface area contributed by atoms with Crippen LogP contribution in [0.25, 0.3) is 105 Å². The van der Waals surface area contributed by atoms with Gasteiger partial charge in [-0.05, 0) is 152 Å². The van der Waals surface area contributed by atoms with Crippen LogP contribution in [0.5, 0.6) is 0 Å². The molecular weight excluding hydrogens is 971 g/mol. The van der Waals surface area contributed by atoms with Crippen molar-refractivity contribution < 1.29 is 4.42 Å². The van der Waals surface area contributed by atoms with Crippen LogP contribution in [0.1, 0.15) is 0 Å². The highest BCUT2D eigenvalue weighted by Crippen LogP contribution is 2.50. The number of para-hydroxylation sites is 3. The van der Waals surface area contributed by atoms with Gasteiger partial charge in [-0.15, -0.1) is 0 Å². The van der Waals surface area contributed by atoms with Gasteiger partial charge < -0.3 is 18.8 Å². The molecular formula is C76H51N3O. The van der Waals surface area contributed by atoms with Gasteiger partial charge in [0.05, 0.1) is 16.4 Å². The van der Waals surface area contributed by atoms with Crippen LogP contribution in [-0.2, 0) is 0 Å². The number of anilines is 6. The molecule has 376 valence electrons. The van der Waals surface area contributed by atoms with E-state index in [9.17, 15) is 0 Å². The largest absolute Gasteiger partial charge is 0.456 e. The van der Waals surface area contributed by atoms with E-state index in [0.717, 1.165) is 117 Å². The third-order valence-corrected chi connectivity index (χ3v) is 15.7. The fraction of sp³-hybridized carbons (Fsp3) is 0. The van der Waals surface area contributed by atoms with Crippen LogP contribution < -0.4 is 9.80 Å². The highest BCUT2D eigenvalue weighted by Gasteiger charge is 2.26. The number of nitrogens with zero attached hydrogens (tertiary/aromatic N) is 3. The van der Waals surface area contributed by atoms with Crippen LogP contribution >= 0.6 is 0 Å². The van der Waals surface area contributed by atoms with Gasteiger partial charge in [0.1, 0.15) is 11.2 Å². The van der Waals surface area contributed by atoms with Gasteiger partial charge in [-0.2, -0.15) is 0 Å². The maximum Gasteiger partial charge on any atom is 0.138 e. The van der Waals surface area contributed by atoms with Crippen LogP contribution in [-0.4, -0.2) is 4.57 Å². The lowest BCUT2D eigenvalue weighted by atomic mass is 9.95. The first-order valence-electron chi connectivity index (χ1n) is 27.3. The van der Waals surface area contributed by atoms with Gasteiger partial charge in [-0.25, -0.2) is 0 Å². The molecule has 0 amide bonds. The molecule has 0 bridgehead atoms. The highest BCUT2D eigenvalue weighted by atomic mass is 16.3. The molecule has 0 N–H and O–H groups in total. The SMILES string of the molecule is c1ccc(-c2ccc(N(c3ccc(-c4ccccc4)cc3)c3cc(-c4cc5oc6ccccc6c5c5c4c4ccccc4n5-c4ccccc4)cc(N(c4ccc(-c5ccccc5)cc4)c4ccc5ccccc5c4)c3)cc2)cc1. The van der Waals surface area contributed by atoms with Crippen LogP contribution in [0.15, 0.2) is 314 Å². The lowest BCUT2D eigenvalue weighted by Gasteiger charge is -2.31. The number of furan rings is 1. The zero-order valence-corrected chi connectivity index (χ0v) is 43.7. The Bertz CT molecular complexity index is 4640. The van der Waals surface area contributed by atoms with E-state index in [-0.39, 0.29) is 0 Å². The number of hydrogen-bond donors (Lipinski definition) is 0. The van der Waals surface area contributed by atoms with E-state index < -0.39 is 0 Å². The number of benzene rings is 13. The summed E-state index contributed by atoms with van der Waals surface area (Å²) in [7, 11) is 0. The van der Waals surface area contributed by atoms with Crippen molar-refractivity contribution in [1.29, 1.82) is 0 Å². The van der Waals surface area contributed by atoms with Gasteiger partial charge in [0.25, 0.3) is 0 Å². The second-order valence-electron chi connectivity index (χ2n) is 20.5. The molecule has 2 aromatic heterocycles. The van der Waals surface area contributed by atoms with Crippen LogP contribution in [0.2, 0.25) is 0 Å². The van der Waals surface area contributed by atoms with Gasteiger partial charge in [0, 0.05) is 56.0 Å². The zero-order valence-electron chi connectivity index (χ0n) is 43.7. The summed E-state index contributed by atoms with van der Waals surface area (Å²) in [6, 6.07) is 112. The molecule has 80 heavy (non-hydrogen) atoms. The van der Waals surface area contributed by atoms with Crippen molar-refractivity contribution in [3.8, 4) is 50.2 Å². The molecule has 0 radical (unpaired) electrons. The summed E-state index contributed by atoms with van der Waals surface area (Å²) in [5.41, 5.74) is 20.2. The predicted molar refractivity (Wildman–Crippen MR) is 337 cm³/mol. The zero-order chi connectivity index (χ0) is 52.9. The second kappa shape index (κ2) is 19.7. The molecule has 0 atom stereocenters. The quantitative estimate of drug-likeness (QED) is 0.129. The average molecular weight is 1020 g/mol. The van der Waals surface area contributed by atoms with Crippen molar-refractivity contribution >= 4 is 88.6 Å². The van der Waals surface area contributed by atoms with Crippen LogP contribution in [0.3, 0.4) is 0 Å². The van der Waals surface area contributed by atoms with Crippen molar-refractivity contribution in [3.05, 3.63) is 309 Å².